The van der Waals surface area contributed by atoms with Crippen LogP contribution in [0.4, 0.5) is 9.80 Å². The second-order valence-electron chi connectivity index (χ2n) is 6.34. The van der Waals surface area contributed by atoms with E-state index < -0.39 is 0 Å². The molecule has 0 saturated heterocycles. The first-order valence-corrected chi connectivity index (χ1v) is 9.98. The van der Waals surface area contributed by atoms with Crippen molar-refractivity contribution in [1.29, 1.82) is 0 Å². The summed E-state index contributed by atoms with van der Waals surface area (Å²) in [5.41, 5.74) is 2.47. The molecule has 0 radical (unpaired) electrons. The summed E-state index contributed by atoms with van der Waals surface area (Å²) >= 11 is 1.45. The molecule has 0 spiro atoms. The van der Waals surface area contributed by atoms with Gasteiger partial charge in [-0.2, -0.15) is 0 Å². The van der Waals surface area contributed by atoms with Crippen LogP contribution in [-0.4, -0.2) is 41.8 Å². The van der Waals surface area contributed by atoms with Crippen molar-refractivity contribution < 1.29 is 19.4 Å². The Balaban J connectivity index is 1.80. The zero-order valence-electron chi connectivity index (χ0n) is 15.4. The van der Waals surface area contributed by atoms with Crippen LogP contribution in [0.2, 0.25) is 0 Å². The number of fused-ring (bicyclic) bond motifs is 1. The minimum absolute atomic E-state index is 0.133. The van der Waals surface area contributed by atoms with Gasteiger partial charge in [0.05, 0.1) is 18.8 Å². The number of anilines is 1. The molecule has 0 unspecified atom stereocenters. The second kappa shape index (κ2) is 9.01. The van der Waals surface area contributed by atoms with Gasteiger partial charge in [0.15, 0.2) is 0 Å². The first-order valence-electron chi connectivity index (χ1n) is 9.16. The highest BCUT2D eigenvalue weighted by Gasteiger charge is 2.29. The number of urea groups is 1. The van der Waals surface area contributed by atoms with Crippen LogP contribution >= 0.6 is 11.3 Å². The van der Waals surface area contributed by atoms with Crippen LogP contribution in [0.3, 0.4) is 0 Å². The lowest BCUT2D eigenvalue weighted by Gasteiger charge is -2.22. The molecule has 0 bridgehead atoms. The monoisotopic (exact) mass is 388 g/mol. The number of nitrogens with one attached hydrogen (secondary N) is 1. The van der Waals surface area contributed by atoms with E-state index in [1.807, 2.05) is 30.3 Å². The Morgan fingerprint density at radius 3 is 2.74 bits per heavy atom. The lowest BCUT2D eigenvalue weighted by Crippen LogP contribution is -2.36. The Hall–Kier alpha value is -2.38. The zero-order chi connectivity index (χ0) is 19.2. The number of aliphatic hydroxyl groups is 1. The molecule has 3 rings (SSSR count). The lowest BCUT2D eigenvalue weighted by atomic mass is 10.1. The molecule has 0 saturated carbocycles. The van der Waals surface area contributed by atoms with E-state index in [4.69, 9.17) is 4.74 Å². The SMILES string of the molecule is CCOC(=O)c1c(NC(=O)N(CCO)Cc2ccccc2)sc2c1CCC2. The van der Waals surface area contributed by atoms with Gasteiger partial charge in [-0.25, -0.2) is 9.59 Å². The van der Waals surface area contributed by atoms with Gasteiger partial charge < -0.3 is 14.7 Å². The van der Waals surface area contributed by atoms with Gasteiger partial charge in [0, 0.05) is 18.0 Å². The largest absolute Gasteiger partial charge is 0.462 e. The van der Waals surface area contributed by atoms with E-state index in [1.165, 1.54) is 16.2 Å². The molecule has 1 aromatic heterocycles. The maximum atomic E-state index is 12.8. The molecule has 1 aliphatic rings. The predicted octanol–water partition coefficient (Wildman–Crippen LogP) is 3.44. The van der Waals surface area contributed by atoms with Crippen molar-refractivity contribution in [2.24, 2.45) is 0 Å². The van der Waals surface area contributed by atoms with Gasteiger partial charge in [0.2, 0.25) is 0 Å². The van der Waals surface area contributed by atoms with E-state index in [9.17, 15) is 14.7 Å². The van der Waals surface area contributed by atoms with Crippen molar-refractivity contribution in [3.05, 3.63) is 51.9 Å². The van der Waals surface area contributed by atoms with Crippen LogP contribution in [0.1, 0.15) is 39.7 Å². The Bertz CT molecular complexity index is 804. The summed E-state index contributed by atoms with van der Waals surface area (Å²) in [6.45, 7) is 2.52. The van der Waals surface area contributed by atoms with E-state index in [2.05, 4.69) is 5.32 Å². The van der Waals surface area contributed by atoms with Crippen LogP contribution in [0.15, 0.2) is 30.3 Å². The number of hydrogen-bond acceptors (Lipinski definition) is 5. The van der Waals surface area contributed by atoms with Crippen LogP contribution in [0.25, 0.3) is 0 Å². The number of hydrogen-bond donors (Lipinski definition) is 2. The number of rotatable bonds is 7. The Morgan fingerprint density at radius 2 is 2.04 bits per heavy atom. The molecule has 6 nitrogen and oxygen atoms in total. The van der Waals surface area contributed by atoms with Crippen molar-refractivity contribution in [3.8, 4) is 0 Å². The van der Waals surface area contributed by atoms with E-state index in [0.717, 1.165) is 35.3 Å². The molecule has 1 aliphatic carbocycles. The molecular weight excluding hydrogens is 364 g/mol. The second-order valence-corrected chi connectivity index (χ2v) is 7.45. The third kappa shape index (κ3) is 4.48. The summed E-state index contributed by atoms with van der Waals surface area (Å²) in [7, 11) is 0. The normalized spacial score (nSPS) is 12.5. The molecule has 0 aliphatic heterocycles. The van der Waals surface area contributed by atoms with Gasteiger partial charge in [0.25, 0.3) is 0 Å². The van der Waals surface area contributed by atoms with E-state index in [-0.39, 0.29) is 25.2 Å². The minimum atomic E-state index is -0.385. The van der Waals surface area contributed by atoms with Gasteiger partial charge in [-0.15, -0.1) is 11.3 Å². The van der Waals surface area contributed by atoms with Crippen molar-refractivity contribution in [1.82, 2.24) is 4.90 Å². The summed E-state index contributed by atoms with van der Waals surface area (Å²) in [6.07, 6.45) is 2.78. The smallest absolute Gasteiger partial charge is 0.341 e. The fraction of sp³-hybridized carbons (Fsp3) is 0.400. The van der Waals surface area contributed by atoms with E-state index in [1.54, 1.807) is 6.92 Å². The number of benzene rings is 1. The number of aliphatic hydroxyl groups excluding tert-OH is 1. The number of aryl methyl sites for hydroxylation is 1. The molecule has 1 aromatic carbocycles. The molecule has 0 atom stereocenters. The highest BCUT2D eigenvalue weighted by atomic mass is 32.1. The van der Waals surface area contributed by atoms with Crippen LogP contribution in [0.5, 0.6) is 0 Å². The van der Waals surface area contributed by atoms with Gasteiger partial charge >= 0.3 is 12.0 Å². The topological polar surface area (TPSA) is 78.9 Å². The first kappa shape index (κ1) is 19.4. The van der Waals surface area contributed by atoms with Crippen molar-refractivity contribution >= 4 is 28.3 Å². The highest BCUT2D eigenvalue weighted by molar-refractivity contribution is 7.17. The fourth-order valence-corrected chi connectivity index (χ4v) is 4.53. The molecule has 1 heterocycles. The van der Waals surface area contributed by atoms with E-state index in [0.29, 0.717) is 23.7 Å². The Labute approximate surface area is 162 Å². The number of amides is 2. The summed E-state index contributed by atoms with van der Waals surface area (Å²) < 4.78 is 5.20. The standard InChI is InChI=1S/C20H24N2O4S/c1-2-26-19(24)17-15-9-6-10-16(15)27-18(17)21-20(25)22(11-12-23)13-14-7-4-3-5-8-14/h3-5,7-8,23H,2,6,9-13H2,1H3,(H,21,25). The van der Waals surface area contributed by atoms with Gasteiger partial charge in [0.1, 0.15) is 5.00 Å². The third-order valence-corrected chi connectivity index (χ3v) is 5.70. The predicted molar refractivity (Wildman–Crippen MR) is 105 cm³/mol. The van der Waals surface area contributed by atoms with Gasteiger partial charge in [-0.1, -0.05) is 30.3 Å². The average molecular weight is 388 g/mol. The molecule has 2 N–H and O–H groups in total. The van der Waals surface area contributed by atoms with Crippen LogP contribution in [0, 0.1) is 0 Å². The summed E-state index contributed by atoms with van der Waals surface area (Å²) in [4.78, 5) is 27.9. The number of nitrogens with zero attached hydrogens (tertiary/aromatic N) is 1. The number of ether oxygens (including phenoxy) is 1. The number of thiophene rings is 1. The number of carbonyl (C=O) groups excluding carboxylic acids is 2. The van der Waals surface area contributed by atoms with E-state index >= 15 is 0 Å². The summed E-state index contributed by atoms with van der Waals surface area (Å²) in [5, 5.41) is 12.8. The van der Waals surface area contributed by atoms with Crippen LogP contribution in [-0.2, 0) is 24.1 Å². The molecule has 27 heavy (non-hydrogen) atoms. The molecule has 7 heteroatoms. The maximum Gasteiger partial charge on any atom is 0.341 e. The first-order chi connectivity index (χ1) is 13.1. The Morgan fingerprint density at radius 1 is 1.26 bits per heavy atom. The third-order valence-electron chi connectivity index (χ3n) is 4.49. The summed E-state index contributed by atoms with van der Waals surface area (Å²) in [6, 6.07) is 9.26. The van der Waals surface area contributed by atoms with Crippen molar-refractivity contribution in [3.63, 3.8) is 0 Å². The van der Waals surface area contributed by atoms with Crippen molar-refractivity contribution in [2.45, 2.75) is 32.7 Å². The fourth-order valence-electron chi connectivity index (χ4n) is 3.26. The maximum absolute atomic E-state index is 12.8. The van der Waals surface area contributed by atoms with Gasteiger partial charge in [-0.3, -0.25) is 5.32 Å². The number of carbonyl (C=O) groups is 2. The van der Waals surface area contributed by atoms with Gasteiger partial charge in [-0.05, 0) is 37.3 Å². The molecular formula is C20H24N2O4S. The zero-order valence-corrected chi connectivity index (χ0v) is 16.2. The number of esters is 1. The summed E-state index contributed by atoms with van der Waals surface area (Å²) in [5.74, 6) is -0.385. The Kier molecular flexibility index (Phi) is 6.47. The molecule has 2 aromatic rings. The molecule has 2 amide bonds. The highest BCUT2D eigenvalue weighted by Crippen LogP contribution is 2.39. The van der Waals surface area contributed by atoms with Crippen LogP contribution < -0.4 is 5.32 Å². The minimum Gasteiger partial charge on any atom is -0.462 e. The molecule has 144 valence electrons. The quantitative estimate of drug-likeness (QED) is 0.712. The average Bonchev–Trinajstić information content (AvgIpc) is 3.23. The molecule has 0 fully saturated rings. The lowest BCUT2D eigenvalue weighted by molar-refractivity contribution is 0.0527. The van der Waals surface area contributed by atoms with Crippen molar-refractivity contribution in [2.75, 3.05) is 25.1 Å².